The molecule has 1 heterocycles. The molecule has 96 valence electrons. The van der Waals surface area contributed by atoms with Crippen LogP contribution in [0.15, 0.2) is 24.3 Å². The van der Waals surface area contributed by atoms with Gasteiger partial charge in [0.15, 0.2) is 0 Å². The van der Waals surface area contributed by atoms with Crippen LogP contribution in [0, 0.1) is 17.2 Å². The molecule has 3 heteroatoms. The molecular formula is C15H19ClN2. The fourth-order valence-electron chi connectivity index (χ4n) is 2.95. The van der Waals surface area contributed by atoms with Crippen molar-refractivity contribution in [1.29, 1.82) is 5.26 Å². The Morgan fingerprint density at radius 2 is 2.17 bits per heavy atom. The van der Waals surface area contributed by atoms with Crippen LogP contribution in [0.5, 0.6) is 0 Å². The van der Waals surface area contributed by atoms with Gasteiger partial charge in [0.25, 0.3) is 0 Å². The number of anilines is 1. The maximum absolute atomic E-state index is 8.83. The predicted molar refractivity (Wildman–Crippen MR) is 75.8 cm³/mol. The molecule has 0 aromatic heterocycles. The molecule has 0 N–H and O–H groups in total. The number of hydrogen-bond donors (Lipinski definition) is 0. The zero-order valence-electron chi connectivity index (χ0n) is 11.0. The molecule has 18 heavy (non-hydrogen) atoms. The van der Waals surface area contributed by atoms with Crippen LogP contribution >= 0.6 is 11.6 Å². The van der Waals surface area contributed by atoms with E-state index in [1.807, 2.05) is 18.2 Å². The van der Waals surface area contributed by atoms with E-state index in [-0.39, 0.29) is 5.54 Å². The second-order valence-corrected chi connectivity index (χ2v) is 6.04. The molecule has 1 aliphatic heterocycles. The first-order valence-electron chi connectivity index (χ1n) is 6.44. The van der Waals surface area contributed by atoms with Crippen molar-refractivity contribution in [2.75, 3.05) is 11.4 Å². The van der Waals surface area contributed by atoms with Crippen LogP contribution in [0.2, 0.25) is 5.02 Å². The van der Waals surface area contributed by atoms with Crippen molar-refractivity contribution in [2.45, 2.75) is 38.6 Å². The molecule has 1 unspecified atom stereocenters. The summed E-state index contributed by atoms with van der Waals surface area (Å²) in [6, 6.07) is 10.3. The normalized spacial score (nSPS) is 22.6. The van der Waals surface area contributed by atoms with Gasteiger partial charge in [-0.15, -0.1) is 0 Å². The third kappa shape index (κ3) is 2.62. The Labute approximate surface area is 114 Å². The molecule has 1 aliphatic rings. The van der Waals surface area contributed by atoms with Gasteiger partial charge in [-0.3, -0.25) is 0 Å². The van der Waals surface area contributed by atoms with E-state index in [9.17, 15) is 0 Å². The molecule has 0 saturated carbocycles. The summed E-state index contributed by atoms with van der Waals surface area (Å²) >= 11 is 6.29. The summed E-state index contributed by atoms with van der Waals surface area (Å²) < 4.78 is 0. The van der Waals surface area contributed by atoms with Crippen molar-refractivity contribution in [3.63, 3.8) is 0 Å². The Morgan fingerprint density at radius 1 is 1.44 bits per heavy atom. The van der Waals surface area contributed by atoms with Crippen molar-refractivity contribution in [3.05, 3.63) is 29.3 Å². The average Bonchev–Trinajstić information content (AvgIpc) is 2.30. The molecule has 1 atom stereocenters. The first kappa shape index (κ1) is 13.2. The molecule has 0 spiro atoms. The van der Waals surface area contributed by atoms with Crippen LogP contribution < -0.4 is 4.90 Å². The SMILES string of the molecule is CC1(C)CC(CC#N)CCN1c1ccccc1Cl. The third-order valence-electron chi connectivity index (χ3n) is 3.80. The maximum Gasteiger partial charge on any atom is 0.0639 e. The van der Waals surface area contributed by atoms with Crippen molar-refractivity contribution in [3.8, 4) is 6.07 Å². The maximum atomic E-state index is 8.83. The van der Waals surface area contributed by atoms with Crippen molar-refractivity contribution < 1.29 is 0 Å². The Hall–Kier alpha value is -1.20. The molecule has 2 nitrogen and oxygen atoms in total. The van der Waals surface area contributed by atoms with Gasteiger partial charge in [-0.1, -0.05) is 23.7 Å². The second kappa shape index (κ2) is 5.20. The molecular weight excluding hydrogens is 244 g/mol. The van der Waals surface area contributed by atoms with Gasteiger partial charge in [0.05, 0.1) is 16.8 Å². The number of nitrogens with zero attached hydrogens (tertiary/aromatic N) is 2. The monoisotopic (exact) mass is 262 g/mol. The summed E-state index contributed by atoms with van der Waals surface area (Å²) in [5, 5.41) is 9.64. The number of hydrogen-bond acceptors (Lipinski definition) is 2. The van der Waals surface area contributed by atoms with Gasteiger partial charge in [-0.25, -0.2) is 0 Å². The first-order valence-corrected chi connectivity index (χ1v) is 6.81. The lowest BCUT2D eigenvalue weighted by atomic mass is 9.81. The molecule has 1 fully saturated rings. The van der Waals surface area contributed by atoms with Crippen LogP contribution in [0.1, 0.15) is 33.1 Å². The van der Waals surface area contributed by atoms with Crippen molar-refractivity contribution in [1.82, 2.24) is 0 Å². The number of para-hydroxylation sites is 1. The van der Waals surface area contributed by atoms with Crippen molar-refractivity contribution in [2.24, 2.45) is 5.92 Å². The molecule has 0 aliphatic carbocycles. The third-order valence-corrected chi connectivity index (χ3v) is 4.12. The first-order chi connectivity index (χ1) is 8.54. The quantitative estimate of drug-likeness (QED) is 0.797. The average molecular weight is 263 g/mol. The number of piperidine rings is 1. The van der Waals surface area contributed by atoms with E-state index in [1.165, 1.54) is 0 Å². The zero-order valence-corrected chi connectivity index (χ0v) is 11.7. The molecule has 1 aromatic rings. The standard InChI is InChI=1S/C15H19ClN2/c1-15(2)11-12(7-9-17)8-10-18(15)14-6-4-3-5-13(14)16/h3-6,12H,7-8,10-11H2,1-2H3. The minimum atomic E-state index is 0.0603. The van der Waals surface area contributed by atoms with Crippen molar-refractivity contribution >= 4 is 17.3 Å². The zero-order chi connectivity index (χ0) is 13.2. The molecule has 0 radical (unpaired) electrons. The molecule has 2 rings (SSSR count). The predicted octanol–water partition coefficient (Wildman–Crippen LogP) is 4.25. The Balaban J connectivity index is 2.21. The summed E-state index contributed by atoms with van der Waals surface area (Å²) in [6.45, 7) is 5.45. The lowest BCUT2D eigenvalue weighted by Gasteiger charge is -2.47. The highest BCUT2D eigenvalue weighted by Gasteiger charge is 2.35. The highest BCUT2D eigenvalue weighted by molar-refractivity contribution is 6.33. The smallest absolute Gasteiger partial charge is 0.0639 e. The Bertz CT molecular complexity index is 462. The Morgan fingerprint density at radius 3 is 2.78 bits per heavy atom. The topological polar surface area (TPSA) is 27.0 Å². The number of halogens is 1. The van der Waals surface area contributed by atoms with Crippen LogP contribution in [0.25, 0.3) is 0 Å². The van der Waals surface area contributed by atoms with Crippen LogP contribution in [0.4, 0.5) is 5.69 Å². The van der Waals surface area contributed by atoms with Gasteiger partial charge in [-0.2, -0.15) is 5.26 Å². The largest absolute Gasteiger partial charge is 0.365 e. The minimum absolute atomic E-state index is 0.0603. The van der Waals surface area contributed by atoms with Gasteiger partial charge in [-0.05, 0) is 44.7 Å². The summed E-state index contributed by atoms with van der Waals surface area (Å²) in [6.07, 6.45) is 2.79. The van der Waals surface area contributed by atoms with E-state index >= 15 is 0 Å². The number of rotatable bonds is 2. The number of benzene rings is 1. The van der Waals surface area contributed by atoms with Gasteiger partial charge in [0, 0.05) is 18.5 Å². The molecule has 1 aromatic carbocycles. The summed E-state index contributed by atoms with van der Waals surface area (Å²) in [7, 11) is 0. The Kier molecular flexibility index (Phi) is 3.82. The lowest BCUT2D eigenvalue weighted by Crippen LogP contribution is -2.50. The van der Waals surface area contributed by atoms with Crippen LogP contribution in [0.3, 0.4) is 0 Å². The summed E-state index contributed by atoms with van der Waals surface area (Å²) in [5.74, 6) is 0.517. The molecule has 0 amide bonds. The lowest BCUT2D eigenvalue weighted by molar-refractivity contribution is 0.277. The number of nitriles is 1. The van der Waals surface area contributed by atoms with Gasteiger partial charge in [0.1, 0.15) is 0 Å². The van der Waals surface area contributed by atoms with Gasteiger partial charge < -0.3 is 4.90 Å². The van der Waals surface area contributed by atoms with E-state index in [1.54, 1.807) is 0 Å². The molecule has 1 saturated heterocycles. The van der Waals surface area contributed by atoms with E-state index in [2.05, 4.69) is 30.9 Å². The minimum Gasteiger partial charge on any atom is -0.365 e. The van der Waals surface area contributed by atoms with Crippen LogP contribution in [-0.2, 0) is 0 Å². The fourth-order valence-corrected chi connectivity index (χ4v) is 3.19. The van der Waals surface area contributed by atoms with E-state index in [0.29, 0.717) is 12.3 Å². The van der Waals surface area contributed by atoms with E-state index < -0.39 is 0 Å². The second-order valence-electron chi connectivity index (χ2n) is 5.64. The van der Waals surface area contributed by atoms with Crippen LogP contribution in [-0.4, -0.2) is 12.1 Å². The summed E-state index contributed by atoms with van der Waals surface area (Å²) in [5.41, 5.74) is 1.17. The van der Waals surface area contributed by atoms with Gasteiger partial charge in [0.2, 0.25) is 0 Å². The van der Waals surface area contributed by atoms with E-state index in [4.69, 9.17) is 16.9 Å². The molecule has 0 bridgehead atoms. The van der Waals surface area contributed by atoms with Gasteiger partial charge >= 0.3 is 0 Å². The highest BCUT2D eigenvalue weighted by Crippen LogP contribution is 2.39. The summed E-state index contributed by atoms with van der Waals surface area (Å²) in [4.78, 5) is 2.38. The highest BCUT2D eigenvalue weighted by atomic mass is 35.5. The fraction of sp³-hybridized carbons (Fsp3) is 0.533. The van der Waals surface area contributed by atoms with E-state index in [0.717, 1.165) is 30.1 Å².